The molecule has 1 rings (SSSR count). The smallest absolute Gasteiger partial charge is 0.137 e. The molecule has 1 aromatic carbocycles. The number of nitrogens with zero attached hydrogens (tertiary/aromatic N) is 2. The van der Waals surface area contributed by atoms with Crippen LogP contribution in [0, 0.1) is 28.1 Å². The van der Waals surface area contributed by atoms with E-state index in [1.807, 2.05) is 19.9 Å². The third-order valence-corrected chi connectivity index (χ3v) is 2.64. The van der Waals surface area contributed by atoms with Gasteiger partial charge in [-0.25, -0.2) is 0 Å². The highest BCUT2D eigenvalue weighted by Crippen LogP contribution is 2.26. The number of nitriles is 2. The molecule has 0 amide bonds. The summed E-state index contributed by atoms with van der Waals surface area (Å²) in [6.07, 6.45) is 0.625. The lowest BCUT2D eigenvalue weighted by molar-refractivity contribution is 0.264. The summed E-state index contributed by atoms with van der Waals surface area (Å²) < 4.78 is 5.48. The minimum absolute atomic E-state index is 0.404. The number of hydrogen-bond acceptors (Lipinski definition) is 3. The van der Waals surface area contributed by atoms with Crippen molar-refractivity contribution in [2.45, 2.75) is 20.3 Å². The van der Waals surface area contributed by atoms with Crippen LogP contribution in [-0.4, -0.2) is 6.61 Å². The van der Waals surface area contributed by atoms with Crippen LogP contribution in [0.1, 0.15) is 25.8 Å². The van der Waals surface area contributed by atoms with Gasteiger partial charge in [0.25, 0.3) is 0 Å². The molecule has 0 radical (unpaired) electrons. The molecule has 0 unspecified atom stereocenters. The van der Waals surface area contributed by atoms with Gasteiger partial charge >= 0.3 is 0 Å². The number of rotatable bonds is 4. The van der Waals surface area contributed by atoms with Crippen molar-refractivity contribution in [1.29, 1.82) is 10.5 Å². The molecule has 0 aliphatic carbocycles. The lowest BCUT2D eigenvalue weighted by atomic mass is 9.92. The van der Waals surface area contributed by atoms with Crippen LogP contribution in [-0.2, 0) is 0 Å². The van der Waals surface area contributed by atoms with E-state index < -0.39 is 5.41 Å². The highest BCUT2D eigenvalue weighted by atomic mass is 35.5. The van der Waals surface area contributed by atoms with Crippen molar-refractivity contribution in [1.82, 2.24) is 0 Å². The molecule has 0 spiro atoms. The van der Waals surface area contributed by atoms with E-state index in [9.17, 15) is 0 Å². The van der Waals surface area contributed by atoms with Crippen LogP contribution < -0.4 is 4.74 Å². The van der Waals surface area contributed by atoms with Gasteiger partial charge in [0.05, 0.1) is 34.7 Å². The van der Waals surface area contributed by atoms with E-state index in [4.69, 9.17) is 26.9 Å². The van der Waals surface area contributed by atoms with Gasteiger partial charge in [0, 0.05) is 0 Å². The first-order valence-electron chi connectivity index (χ1n) is 5.22. The fourth-order valence-corrected chi connectivity index (χ4v) is 1.39. The van der Waals surface area contributed by atoms with Crippen molar-refractivity contribution in [3.05, 3.63) is 28.8 Å². The molecule has 1 aromatic rings. The van der Waals surface area contributed by atoms with Gasteiger partial charge in [-0.2, -0.15) is 10.5 Å². The molecule has 0 aromatic heterocycles. The molecule has 0 aliphatic rings. The second-order valence-electron chi connectivity index (χ2n) is 4.35. The fraction of sp³-hybridized carbons (Fsp3) is 0.385. The quantitative estimate of drug-likeness (QED) is 0.819. The maximum atomic E-state index is 8.85. The molecule has 0 bridgehead atoms. The van der Waals surface area contributed by atoms with Crippen molar-refractivity contribution in [2.75, 3.05) is 6.61 Å². The number of benzene rings is 1. The minimum atomic E-state index is -0.404. The molecule has 0 N–H and O–H groups in total. The van der Waals surface area contributed by atoms with Gasteiger partial charge in [-0.1, -0.05) is 11.6 Å². The van der Waals surface area contributed by atoms with Gasteiger partial charge < -0.3 is 4.74 Å². The van der Waals surface area contributed by atoms with Crippen LogP contribution in [0.3, 0.4) is 0 Å². The number of halogens is 1. The van der Waals surface area contributed by atoms with E-state index in [0.29, 0.717) is 29.4 Å². The van der Waals surface area contributed by atoms with Gasteiger partial charge in [0.1, 0.15) is 5.75 Å². The second kappa shape index (κ2) is 5.57. The summed E-state index contributed by atoms with van der Waals surface area (Å²) in [4.78, 5) is 0. The van der Waals surface area contributed by atoms with E-state index >= 15 is 0 Å². The summed E-state index contributed by atoms with van der Waals surface area (Å²) in [5.74, 6) is 0.541. The van der Waals surface area contributed by atoms with Gasteiger partial charge in [0.2, 0.25) is 0 Å². The molecule has 4 heteroatoms. The first kappa shape index (κ1) is 13.4. The van der Waals surface area contributed by atoms with Crippen LogP contribution in [0.5, 0.6) is 5.75 Å². The van der Waals surface area contributed by atoms with Crippen molar-refractivity contribution < 1.29 is 4.74 Å². The lowest BCUT2D eigenvalue weighted by Crippen LogP contribution is -2.13. The lowest BCUT2D eigenvalue weighted by Gasteiger charge is -2.15. The summed E-state index contributed by atoms with van der Waals surface area (Å²) in [5.41, 5.74) is 0.0960. The molecule has 0 heterocycles. The summed E-state index contributed by atoms with van der Waals surface area (Å²) in [6, 6.07) is 9.08. The standard InChI is InChI=1S/C13H13ClN2O/c1-13(2,9-16)5-6-17-12-4-3-10(8-15)7-11(12)14/h3-4,7H,5-6H2,1-2H3. The van der Waals surface area contributed by atoms with Crippen LogP contribution in [0.4, 0.5) is 0 Å². The van der Waals surface area contributed by atoms with Gasteiger partial charge in [-0.15, -0.1) is 0 Å². The zero-order valence-electron chi connectivity index (χ0n) is 9.83. The third kappa shape index (κ3) is 3.98. The molecule has 0 aliphatic heterocycles. The average molecular weight is 249 g/mol. The Morgan fingerprint density at radius 2 is 2.06 bits per heavy atom. The Morgan fingerprint density at radius 1 is 1.35 bits per heavy atom. The Kier molecular flexibility index (Phi) is 4.37. The predicted octanol–water partition coefficient (Wildman–Crippen LogP) is 3.53. The monoisotopic (exact) mass is 248 g/mol. The minimum Gasteiger partial charge on any atom is -0.492 e. The van der Waals surface area contributed by atoms with Crippen molar-refractivity contribution >= 4 is 11.6 Å². The number of ether oxygens (including phenoxy) is 1. The summed E-state index contributed by atoms with van der Waals surface area (Å²) in [5, 5.41) is 17.9. The van der Waals surface area contributed by atoms with Crippen molar-refractivity contribution in [2.24, 2.45) is 5.41 Å². The summed E-state index contributed by atoms with van der Waals surface area (Å²) in [6.45, 7) is 4.14. The molecule has 3 nitrogen and oxygen atoms in total. The molecular weight excluding hydrogens is 236 g/mol. The predicted molar refractivity (Wildman–Crippen MR) is 65.7 cm³/mol. The molecule has 0 saturated carbocycles. The topological polar surface area (TPSA) is 56.8 Å². The summed E-state index contributed by atoms with van der Waals surface area (Å²) >= 11 is 5.95. The third-order valence-electron chi connectivity index (χ3n) is 2.35. The van der Waals surface area contributed by atoms with E-state index in [1.54, 1.807) is 18.2 Å². The zero-order chi connectivity index (χ0) is 12.9. The Labute approximate surface area is 106 Å². The van der Waals surface area contributed by atoms with Crippen LogP contribution >= 0.6 is 11.6 Å². The van der Waals surface area contributed by atoms with Gasteiger partial charge in [0.15, 0.2) is 0 Å². The van der Waals surface area contributed by atoms with E-state index in [0.717, 1.165) is 0 Å². The SMILES string of the molecule is CC(C)(C#N)CCOc1ccc(C#N)cc1Cl. The van der Waals surface area contributed by atoms with Crippen molar-refractivity contribution in [3.8, 4) is 17.9 Å². The first-order valence-corrected chi connectivity index (χ1v) is 5.60. The van der Waals surface area contributed by atoms with Crippen LogP contribution in [0.25, 0.3) is 0 Å². The molecule has 17 heavy (non-hydrogen) atoms. The Morgan fingerprint density at radius 3 is 2.59 bits per heavy atom. The normalized spacial score (nSPS) is 10.4. The van der Waals surface area contributed by atoms with E-state index in [1.165, 1.54) is 0 Å². The van der Waals surface area contributed by atoms with E-state index in [2.05, 4.69) is 6.07 Å². The van der Waals surface area contributed by atoms with Crippen molar-refractivity contribution in [3.63, 3.8) is 0 Å². The second-order valence-corrected chi connectivity index (χ2v) is 4.76. The largest absolute Gasteiger partial charge is 0.492 e. The van der Waals surface area contributed by atoms with Gasteiger partial charge in [-0.3, -0.25) is 0 Å². The molecule has 0 atom stereocenters. The molecule has 0 fully saturated rings. The van der Waals surface area contributed by atoms with E-state index in [-0.39, 0.29) is 0 Å². The maximum Gasteiger partial charge on any atom is 0.137 e. The molecule has 0 saturated heterocycles. The molecular formula is C13H13ClN2O. The maximum absolute atomic E-state index is 8.85. The average Bonchev–Trinajstić information content (AvgIpc) is 2.31. The summed E-state index contributed by atoms with van der Waals surface area (Å²) in [7, 11) is 0. The van der Waals surface area contributed by atoms with Crippen LogP contribution in [0.2, 0.25) is 5.02 Å². The fourth-order valence-electron chi connectivity index (χ4n) is 1.16. The Hall–Kier alpha value is -1.71. The highest BCUT2D eigenvalue weighted by Gasteiger charge is 2.16. The first-order chi connectivity index (χ1) is 7.98. The Balaban J connectivity index is 2.60. The van der Waals surface area contributed by atoms with Gasteiger partial charge in [-0.05, 0) is 38.5 Å². The molecule has 88 valence electrons. The zero-order valence-corrected chi connectivity index (χ0v) is 10.6. The van der Waals surface area contributed by atoms with Crippen LogP contribution in [0.15, 0.2) is 18.2 Å². The number of hydrogen-bond donors (Lipinski definition) is 0. The Bertz CT molecular complexity index is 483. The highest BCUT2D eigenvalue weighted by molar-refractivity contribution is 6.32.